The molecule has 1 aromatic heterocycles. The Hall–Kier alpha value is -3.06. The van der Waals surface area contributed by atoms with E-state index in [1.807, 2.05) is 24.4 Å². The summed E-state index contributed by atoms with van der Waals surface area (Å²) in [6, 6.07) is 10.1. The van der Waals surface area contributed by atoms with Crippen molar-refractivity contribution in [2.45, 2.75) is 38.0 Å². The van der Waals surface area contributed by atoms with Gasteiger partial charge in [-0.25, -0.2) is 9.37 Å². The number of fused-ring (bicyclic) bond motifs is 2. The Morgan fingerprint density at radius 2 is 1.88 bits per heavy atom. The summed E-state index contributed by atoms with van der Waals surface area (Å²) in [6.07, 6.45) is 8.10. The minimum atomic E-state index is -0.328. The molecule has 6 nitrogen and oxygen atoms in total. The summed E-state index contributed by atoms with van der Waals surface area (Å²) in [6.45, 7) is 6.39. The maximum Gasteiger partial charge on any atom is 0.165 e. The first-order valence-corrected chi connectivity index (χ1v) is 12.0. The van der Waals surface area contributed by atoms with Crippen LogP contribution in [0.1, 0.15) is 43.7 Å². The van der Waals surface area contributed by atoms with Gasteiger partial charge in [-0.1, -0.05) is 18.9 Å². The number of rotatable bonds is 3. The molecule has 1 spiro atoms. The standard InChI is InChI=1S/C26H29FN6/c1-18-26(8-2-3-9-26)21-14-19(4-6-23(21)31-18)25-22(27)16-33(17-30-25)24-7-5-20(15-29-24)32-12-10-28-11-13-32/h4-7,14-16,28H,2-3,8-13,17H2,1H3. The van der Waals surface area contributed by atoms with Crippen molar-refractivity contribution < 1.29 is 4.39 Å². The lowest BCUT2D eigenvalue weighted by molar-refractivity contribution is 0.588. The quantitative estimate of drug-likeness (QED) is 0.758. The first-order valence-electron chi connectivity index (χ1n) is 12.0. The SMILES string of the molecule is CC1=Nc2ccc(C3=NCN(c4ccc(N5CCNCC5)cn4)C=C3F)cc2C12CCCC2. The van der Waals surface area contributed by atoms with Gasteiger partial charge in [0.1, 0.15) is 18.2 Å². The predicted molar refractivity (Wildman–Crippen MR) is 132 cm³/mol. The predicted octanol–water partition coefficient (Wildman–Crippen LogP) is 4.49. The molecule has 1 aromatic carbocycles. The third kappa shape index (κ3) is 3.46. The van der Waals surface area contributed by atoms with Gasteiger partial charge in [-0.15, -0.1) is 0 Å². The molecule has 0 bridgehead atoms. The van der Waals surface area contributed by atoms with Gasteiger partial charge in [-0.05, 0) is 49.6 Å². The van der Waals surface area contributed by atoms with Gasteiger partial charge in [0, 0.05) is 49.1 Å². The maximum absolute atomic E-state index is 15.3. The van der Waals surface area contributed by atoms with E-state index in [0.29, 0.717) is 18.2 Å². The van der Waals surface area contributed by atoms with Crippen molar-refractivity contribution in [3.63, 3.8) is 0 Å². The van der Waals surface area contributed by atoms with Gasteiger partial charge in [0.15, 0.2) is 5.83 Å². The van der Waals surface area contributed by atoms with Crippen molar-refractivity contribution in [2.24, 2.45) is 9.98 Å². The fourth-order valence-electron chi connectivity index (χ4n) is 5.74. The second kappa shape index (κ2) is 8.06. The molecule has 1 saturated heterocycles. The van der Waals surface area contributed by atoms with Crippen molar-refractivity contribution in [1.82, 2.24) is 10.3 Å². The molecule has 1 aliphatic carbocycles. The van der Waals surface area contributed by atoms with Crippen molar-refractivity contribution in [3.8, 4) is 0 Å². The Morgan fingerprint density at radius 3 is 2.61 bits per heavy atom. The number of aromatic nitrogens is 1. The van der Waals surface area contributed by atoms with E-state index in [-0.39, 0.29) is 11.2 Å². The van der Waals surface area contributed by atoms with Gasteiger partial charge >= 0.3 is 0 Å². The summed E-state index contributed by atoms with van der Waals surface area (Å²) in [4.78, 5) is 18.1. The normalized spacial score (nSPS) is 21.7. The van der Waals surface area contributed by atoms with Crippen molar-refractivity contribution in [2.75, 3.05) is 42.6 Å². The van der Waals surface area contributed by atoms with Crippen LogP contribution in [0.5, 0.6) is 0 Å². The van der Waals surface area contributed by atoms with E-state index in [1.165, 1.54) is 30.3 Å². The van der Waals surface area contributed by atoms with Crippen LogP contribution in [-0.4, -0.2) is 49.3 Å². The molecule has 2 fully saturated rings. The van der Waals surface area contributed by atoms with Crippen LogP contribution in [0, 0.1) is 0 Å². The number of allylic oxidation sites excluding steroid dienone is 1. The van der Waals surface area contributed by atoms with E-state index in [0.717, 1.165) is 56.0 Å². The van der Waals surface area contributed by atoms with Crippen LogP contribution in [0.15, 0.2) is 58.5 Å². The molecule has 6 rings (SSSR count). The third-order valence-corrected chi connectivity index (χ3v) is 7.61. The maximum atomic E-state index is 15.3. The number of anilines is 2. The Bertz CT molecular complexity index is 1150. The molecule has 3 aliphatic heterocycles. The van der Waals surface area contributed by atoms with E-state index in [9.17, 15) is 0 Å². The van der Waals surface area contributed by atoms with E-state index < -0.39 is 0 Å². The second-order valence-corrected chi connectivity index (χ2v) is 9.42. The summed E-state index contributed by atoms with van der Waals surface area (Å²) >= 11 is 0. The molecule has 0 amide bonds. The fraction of sp³-hybridized carbons (Fsp3) is 0.423. The zero-order chi connectivity index (χ0) is 22.4. The van der Waals surface area contributed by atoms with Crippen molar-refractivity contribution in [3.05, 3.63) is 59.7 Å². The Labute approximate surface area is 193 Å². The minimum Gasteiger partial charge on any atom is -0.368 e. The average Bonchev–Trinajstić information content (AvgIpc) is 3.46. The van der Waals surface area contributed by atoms with Crippen LogP contribution in [0.4, 0.5) is 21.6 Å². The summed E-state index contributed by atoms with van der Waals surface area (Å²) in [5.74, 6) is 0.375. The molecule has 0 unspecified atom stereocenters. The molecule has 7 heteroatoms. The van der Waals surface area contributed by atoms with E-state index in [1.54, 1.807) is 4.90 Å². The summed E-state index contributed by atoms with van der Waals surface area (Å²) in [5, 5.41) is 3.36. The zero-order valence-electron chi connectivity index (χ0n) is 19.0. The van der Waals surface area contributed by atoms with Crippen LogP contribution in [-0.2, 0) is 5.41 Å². The Balaban J connectivity index is 1.22. The Kier molecular flexibility index (Phi) is 5.02. The minimum absolute atomic E-state index is 0.0445. The monoisotopic (exact) mass is 444 g/mol. The van der Waals surface area contributed by atoms with Crippen LogP contribution in [0.3, 0.4) is 0 Å². The lowest BCUT2D eigenvalue weighted by Gasteiger charge is -2.29. The Morgan fingerprint density at radius 1 is 1.06 bits per heavy atom. The van der Waals surface area contributed by atoms with Crippen molar-refractivity contribution in [1.29, 1.82) is 0 Å². The van der Waals surface area contributed by atoms with Gasteiger partial charge in [0.25, 0.3) is 0 Å². The lowest BCUT2D eigenvalue weighted by atomic mass is 9.76. The summed E-state index contributed by atoms with van der Waals surface area (Å²) in [7, 11) is 0. The highest BCUT2D eigenvalue weighted by molar-refractivity contribution is 6.13. The highest BCUT2D eigenvalue weighted by Gasteiger charge is 2.43. The van der Waals surface area contributed by atoms with E-state index >= 15 is 4.39 Å². The van der Waals surface area contributed by atoms with Crippen LogP contribution in [0.25, 0.3) is 0 Å². The topological polar surface area (TPSA) is 56.1 Å². The number of hydrogen-bond acceptors (Lipinski definition) is 6. The molecule has 1 N–H and O–H groups in total. The molecule has 0 atom stereocenters. The van der Waals surface area contributed by atoms with Crippen LogP contribution in [0.2, 0.25) is 0 Å². The molecule has 4 heterocycles. The zero-order valence-corrected chi connectivity index (χ0v) is 19.0. The number of benzene rings is 1. The van der Waals surface area contributed by atoms with Crippen LogP contribution < -0.4 is 15.1 Å². The number of halogens is 1. The third-order valence-electron chi connectivity index (χ3n) is 7.61. The first-order chi connectivity index (χ1) is 16.1. The molecule has 33 heavy (non-hydrogen) atoms. The number of aliphatic imine (C=N–C) groups is 2. The molecule has 4 aliphatic rings. The number of pyridine rings is 1. The molecule has 1 saturated carbocycles. The van der Waals surface area contributed by atoms with Crippen LogP contribution >= 0.6 is 0 Å². The molecule has 2 aromatic rings. The van der Waals surface area contributed by atoms with Gasteiger partial charge < -0.3 is 15.1 Å². The molecular formula is C26H29FN6. The second-order valence-electron chi connectivity index (χ2n) is 9.42. The number of piperazine rings is 1. The highest BCUT2D eigenvalue weighted by atomic mass is 19.1. The number of nitrogens with zero attached hydrogens (tertiary/aromatic N) is 5. The van der Waals surface area contributed by atoms with E-state index in [2.05, 4.69) is 39.2 Å². The summed E-state index contributed by atoms with van der Waals surface area (Å²) in [5.41, 5.74) is 5.89. The number of nitrogens with one attached hydrogen (secondary N) is 1. The number of hydrogen-bond donors (Lipinski definition) is 1. The van der Waals surface area contributed by atoms with Crippen molar-refractivity contribution >= 4 is 28.6 Å². The lowest BCUT2D eigenvalue weighted by Crippen LogP contribution is -2.43. The van der Waals surface area contributed by atoms with E-state index in [4.69, 9.17) is 4.99 Å². The molecule has 0 radical (unpaired) electrons. The van der Waals surface area contributed by atoms with Gasteiger partial charge in [0.05, 0.1) is 17.6 Å². The van der Waals surface area contributed by atoms with Gasteiger partial charge in [-0.3, -0.25) is 9.98 Å². The smallest absolute Gasteiger partial charge is 0.165 e. The first kappa shape index (κ1) is 20.5. The summed E-state index contributed by atoms with van der Waals surface area (Å²) < 4.78 is 15.3. The molecule has 170 valence electrons. The highest BCUT2D eigenvalue weighted by Crippen LogP contribution is 2.50. The molecular weight excluding hydrogens is 415 g/mol. The van der Waals surface area contributed by atoms with Gasteiger partial charge in [-0.2, -0.15) is 0 Å². The van der Waals surface area contributed by atoms with Gasteiger partial charge in [0.2, 0.25) is 0 Å². The average molecular weight is 445 g/mol. The largest absolute Gasteiger partial charge is 0.368 e. The fourth-order valence-corrected chi connectivity index (χ4v) is 5.74.